The van der Waals surface area contributed by atoms with E-state index >= 15 is 0 Å². The summed E-state index contributed by atoms with van der Waals surface area (Å²) in [7, 11) is 0. The zero-order valence-electron chi connectivity index (χ0n) is 8.45. The average Bonchev–Trinajstić information content (AvgIpc) is 2.28. The molecule has 2 atom stereocenters. The molecular formula is C10H17NO3. The predicted octanol–water partition coefficient (Wildman–Crippen LogP) is 1.16. The van der Waals surface area contributed by atoms with Crippen molar-refractivity contribution < 1.29 is 14.7 Å². The average molecular weight is 199 g/mol. The SMILES string of the molecule is CC(=O)NC1CCCCCC1C(=O)O. The highest BCUT2D eigenvalue weighted by molar-refractivity contribution is 5.76. The van der Waals surface area contributed by atoms with Gasteiger partial charge in [-0.1, -0.05) is 19.3 Å². The van der Waals surface area contributed by atoms with Crippen LogP contribution in [-0.2, 0) is 9.59 Å². The lowest BCUT2D eigenvalue weighted by molar-refractivity contribution is -0.143. The van der Waals surface area contributed by atoms with E-state index in [9.17, 15) is 9.59 Å². The quantitative estimate of drug-likeness (QED) is 0.656. The Labute approximate surface area is 83.7 Å². The summed E-state index contributed by atoms with van der Waals surface area (Å²) in [4.78, 5) is 21.8. The van der Waals surface area contributed by atoms with Gasteiger partial charge in [0.15, 0.2) is 0 Å². The van der Waals surface area contributed by atoms with Crippen LogP contribution in [-0.4, -0.2) is 23.0 Å². The first-order chi connectivity index (χ1) is 6.61. The summed E-state index contributed by atoms with van der Waals surface area (Å²) in [5, 5.41) is 11.7. The van der Waals surface area contributed by atoms with Crippen molar-refractivity contribution in [2.45, 2.75) is 45.1 Å². The van der Waals surface area contributed by atoms with E-state index in [4.69, 9.17) is 5.11 Å². The van der Waals surface area contributed by atoms with Crippen LogP contribution in [0.1, 0.15) is 39.0 Å². The van der Waals surface area contributed by atoms with Gasteiger partial charge in [-0.2, -0.15) is 0 Å². The van der Waals surface area contributed by atoms with Gasteiger partial charge in [-0.3, -0.25) is 9.59 Å². The molecule has 0 saturated heterocycles. The van der Waals surface area contributed by atoms with Crippen LogP contribution in [0.3, 0.4) is 0 Å². The minimum absolute atomic E-state index is 0.136. The minimum atomic E-state index is -0.786. The first-order valence-corrected chi connectivity index (χ1v) is 5.11. The summed E-state index contributed by atoms with van der Waals surface area (Å²) < 4.78 is 0. The standard InChI is InChI=1S/C10H17NO3/c1-7(12)11-9-6-4-2-3-5-8(9)10(13)14/h8-9H,2-6H2,1H3,(H,11,12)(H,13,14). The molecule has 4 nitrogen and oxygen atoms in total. The van der Waals surface area contributed by atoms with Crippen LogP contribution in [0.4, 0.5) is 0 Å². The van der Waals surface area contributed by atoms with E-state index in [1.807, 2.05) is 0 Å². The fourth-order valence-corrected chi connectivity index (χ4v) is 2.04. The Hall–Kier alpha value is -1.06. The van der Waals surface area contributed by atoms with E-state index in [1.165, 1.54) is 6.92 Å². The Kier molecular flexibility index (Phi) is 3.92. The van der Waals surface area contributed by atoms with Crippen LogP contribution in [0.15, 0.2) is 0 Å². The third kappa shape index (κ3) is 3.01. The number of aliphatic carboxylic acids is 1. The van der Waals surface area contributed by atoms with Gasteiger partial charge in [0.2, 0.25) is 5.91 Å². The van der Waals surface area contributed by atoms with Crippen molar-refractivity contribution in [2.24, 2.45) is 5.92 Å². The number of carboxylic acid groups (broad SMARTS) is 1. The maximum atomic E-state index is 10.9. The molecule has 14 heavy (non-hydrogen) atoms. The molecule has 1 fully saturated rings. The smallest absolute Gasteiger partial charge is 0.308 e. The monoisotopic (exact) mass is 199 g/mol. The molecule has 0 bridgehead atoms. The van der Waals surface area contributed by atoms with E-state index < -0.39 is 11.9 Å². The summed E-state index contributed by atoms with van der Waals surface area (Å²) in [6.07, 6.45) is 4.50. The number of hydrogen-bond acceptors (Lipinski definition) is 2. The van der Waals surface area contributed by atoms with Crippen molar-refractivity contribution >= 4 is 11.9 Å². The van der Waals surface area contributed by atoms with Crippen molar-refractivity contribution in [3.05, 3.63) is 0 Å². The summed E-state index contributed by atoms with van der Waals surface area (Å²) >= 11 is 0. The molecule has 1 amide bonds. The summed E-state index contributed by atoms with van der Waals surface area (Å²) in [6, 6.07) is -0.174. The van der Waals surface area contributed by atoms with Crippen LogP contribution in [0.25, 0.3) is 0 Å². The van der Waals surface area contributed by atoms with Gasteiger partial charge in [-0.05, 0) is 12.8 Å². The van der Waals surface area contributed by atoms with E-state index in [0.717, 1.165) is 25.7 Å². The largest absolute Gasteiger partial charge is 0.481 e. The van der Waals surface area contributed by atoms with Gasteiger partial charge in [0.05, 0.1) is 5.92 Å². The second kappa shape index (κ2) is 4.98. The molecule has 1 aliphatic rings. The van der Waals surface area contributed by atoms with Crippen molar-refractivity contribution in [1.82, 2.24) is 5.32 Å². The van der Waals surface area contributed by atoms with Gasteiger partial charge >= 0.3 is 5.97 Å². The second-order valence-corrected chi connectivity index (χ2v) is 3.89. The number of nitrogens with one attached hydrogen (secondary N) is 1. The zero-order valence-corrected chi connectivity index (χ0v) is 8.45. The van der Waals surface area contributed by atoms with Crippen molar-refractivity contribution in [2.75, 3.05) is 0 Å². The first kappa shape index (κ1) is 11.0. The molecule has 1 rings (SSSR count). The van der Waals surface area contributed by atoms with Gasteiger partial charge in [-0.25, -0.2) is 0 Å². The zero-order chi connectivity index (χ0) is 10.6. The summed E-state index contributed by atoms with van der Waals surface area (Å²) in [5.41, 5.74) is 0. The highest BCUT2D eigenvalue weighted by Crippen LogP contribution is 2.23. The van der Waals surface area contributed by atoms with E-state index in [-0.39, 0.29) is 11.9 Å². The van der Waals surface area contributed by atoms with Crippen molar-refractivity contribution in [3.8, 4) is 0 Å². The molecule has 0 heterocycles. The van der Waals surface area contributed by atoms with Crippen LogP contribution in [0, 0.1) is 5.92 Å². The van der Waals surface area contributed by atoms with Crippen LogP contribution >= 0.6 is 0 Å². The molecule has 0 radical (unpaired) electrons. The topological polar surface area (TPSA) is 66.4 Å². The predicted molar refractivity (Wildman–Crippen MR) is 51.8 cm³/mol. The van der Waals surface area contributed by atoms with Gasteiger partial charge in [0, 0.05) is 13.0 Å². The number of hydrogen-bond donors (Lipinski definition) is 2. The molecule has 2 unspecified atom stereocenters. The highest BCUT2D eigenvalue weighted by Gasteiger charge is 2.29. The van der Waals surface area contributed by atoms with Crippen LogP contribution in [0.2, 0.25) is 0 Å². The van der Waals surface area contributed by atoms with Gasteiger partial charge < -0.3 is 10.4 Å². The fraction of sp³-hybridized carbons (Fsp3) is 0.800. The third-order valence-electron chi connectivity index (χ3n) is 2.72. The number of carbonyl (C=O) groups excluding carboxylic acids is 1. The number of amides is 1. The molecule has 0 aromatic carbocycles. The molecule has 4 heteroatoms. The normalized spacial score (nSPS) is 27.8. The molecule has 80 valence electrons. The fourth-order valence-electron chi connectivity index (χ4n) is 2.04. The Morgan fingerprint density at radius 2 is 1.86 bits per heavy atom. The van der Waals surface area contributed by atoms with Crippen molar-refractivity contribution in [1.29, 1.82) is 0 Å². The lowest BCUT2D eigenvalue weighted by Crippen LogP contribution is -2.41. The lowest BCUT2D eigenvalue weighted by atomic mass is 9.95. The molecule has 2 N–H and O–H groups in total. The Balaban J connectivity index is 2.63. The molecule has 0 aliphatic heterocycles. The van der Waals surface area contributed by atoms with E-state index in [0.29, 0.717) is 6.42 Å². The third-order valence-corrected chi connectivity index (χ3v) is 2.72. The van der Waals surface area contributed by atoms with E-state index in [1.54, 1.807) is 0 Å². The summed E-state index contributed by atoms with van der Waals surface area (Å²) in [6.45, 7) is 1.43. The molecule has 1 aliphatic carbocycles. The van der Waals surface area contributed by atoms with Gasteiger partial charge in [0.25, 0.3) is 0 Å². The molecular weight excluding hydrogens is 182 g/mol. The number of carboxylic acids is 1. The van der Waals surface area contributed by atoms with Crippen molar-refractivity contribution in [3.63, 3.8) is 0 Å². The molecule has 1 saturated carbocycles. The van der Waals surface area contributed by atoms with Crippen LogP contribution < -0.4 is 5.32 Å². The Morgan fingerprint density at radius 3 is 2.43 bits per heavy atom. The Bertz CT molecular complexity index is 227. The lowest BCUT2D eigenvalue weighted by Gasteiger charge is -2.21. The van der Waals surface area contributed by atoms with E-state index in [2.05, 4.69) is 5.32 Å². The number of carbonyl (C=O) groups is 2. The van der Waals surface area contributed by atoms with Gasteiger partial charge in [0.1, 0.15) is 0 Å². The number of rotatable bonds is 2. The first-order valence-electron chi connectivity index (χ1n) is 5.11. The Morgan fingerprint density at radius 1 is 1.21 bits per heavy atom. The molecule has 0 aromatic heterocycles. The molecule has 0 aromatic rings. The molecule has 0 spiro atoms. The highest BCUT2D eigenvalue weighted by atomic mass is 16.4. The minimum Gasteiger partial charge on any atom is -0.481 e. The maximum Gasteiger partial charge on any atom is 0.308 e. The maximum absolute atomic E-state index is 10.9. The van der Waals surface area contributed by atoms with Crippen LogP contribution in [0.5, 0.6) is 0 Å². The second-order valence-electron chi connectivity index (χ2n) is 3.89. The van der Waals surface area contributed by atoms with Gasteiger partial charge in [-0.15, -0.1) is 0 Å². The summed E-state index contributed by atoms with van der Waals surface area (Å²) in [5.74, 6) is -1.32.